The van der Waals surface area contributed by atoms with Gasteiger partial charge >= 0.3 is 5.97 Å². The molecule has 0 heterocycles. The number of aliphatic carboxylic acids is 1. The van der Waals surface area contributed by atoms with Crippen molar-refractivity contribution in [2.45, 2.75) is 51.9 Å². The van der Waals surface area contributed by atoms with Crippen LogP contribution in [0.3, 0.4) is 0 Å². The fourth-order valence-corrected chi connectivity index (χ4v) is 2.11. The molecular weight excluding hydrogens is 324 g/mol. The molecule has 0 atom stereocenters. The quantitative estimate of drug-likeness (QED) is 0.642. The van der Waals surface area contributed by atoms with E-state index in [-0.39, 0.29) is 6.42 Å². The summed E-state index contributed by atoms with van der Waals surface area (Å²) in [7, 11) is 0. The number of allylic oxidation sites excluding steroid dienone is 1. The molecule has 0 aliphatic rings. The zero-order valence-corrected chi connectivity index (χ0v) is 12.2. The van der Waals surface area contributed by atoms with Crippen molar-refractivity contribution in [3.63, 3.8) is 0 Å². The second kappa shape index (κ2) is 9.40. The molecule has 0 aliphatic carbocycles. The lowest BCUT2D eigenvalue weighted by molar-refractivity contribution is -0.136. The first-order valence-electron chi connectivity index (χ1n) is 5.32. The highest BCUT2D eigenvalue weighted by Gasteiger charge is 2.05. The number of carboxylic acid groups (broad SMARTS) is 1. The smallest absolute Gasteiger partial charge is 0.308 e. The molecule has 0 aromatic carbocycles. The van der Waals surface area contributed by atoms with Gasteiger partial charge in [-0.2, -0.15) is 0 Å². The van der Waals surface area contributed by atoms with Gasteiger partial charge < -0.3 is 5.11 Å². The molecule has 0 unspecified atom stereocenters. The molecule has 0 saturated heterocycles. The Labute approximate surface area is 108 Å². The van der Waals surface area contributed by atoms with Crippen LogP contribution in [0.2, 0.25) is 0 Å². The summed E-state index contributed by atoms with van der Waals surface area (Å²) in [5, 5.41) is 8.59. The van der Waals surface area contributed by atoms with Crippen molar-refractivity contribution < 1.29 is 9.90 Å². The van der Waals surface area contributed by atoms with Crippen LogP contribution in [0.4, 0.5) is 0 Å². The Balaban J connectivity index is 3.70. The third-order valence-corrected chi connectivity index (χ3v) is 4.27. The molecule has 0 amide bonds. The maximum absolute atomic E-state index is 10.4. The molecule has 4 heteroatoms. The van der Waals surface area contributed by atoms with Crippen LogP contribution < -0.4 is 0 Å². The lowest BCUT2D eigenvalue weighted by atomic mass is 10.1. The third-order valence-electron chi connectivity index (χ3n) is 2.10. The van der Waals surface area contributed by atoms with Gasteiger partial charge in [0.05, 0.1) is 6.42 Å². The van der Waals surface area contributed by atoms with Gasteiger partial charge in [0.15, 0.2) is 0 Å². The van der Waals surface area contributed by atoms with Crippen LogP contribution in [-0.2, 0) is 4.79 Å². The normalized spacial score (nSPS) is 12.5. The number of carboxylic acids is 1. The lowest BCUT2D eigenvalue weighted by Gasteiger charge is -2.03. The first-order valence-corrected chi connectivity index (χ1v) is 6.91. The van der Waals surface area contributed by atoms with Crippen molar-refractivity contribution in [1.29, 1.82) is 0 Å². The molecule has 2 nitrogen and oxygen atoms in total. The molecule has 0 aromatic rings. The Kier molecular flexibility index (Phi) is 9.51. The van der Waals surface area contributed by atoms with Crippen LogP contribution in [0.25, 0.3) is 0 Å². The molecule has 1 N–H and O–H groups in total. The molecular formula is C11H18Br2O2. The summed E-state index contributed by atoms with van der Waals surface area (Å²) < 4.78 is 1.74. The van der Waals surface area contributed by atoms with Gasteiger partial charge in [0.25, 0.3) is 0 Å². The van der Waals surface area contributed by atoms with Crippen molar-refractivity contribution in [2.75, 3.05) is 0 Å². The largest absolute Gasteiger partial charge is 0.481 e. The summed E-state index contributed by atoms with van der Waals surface area (Å²) in [6.45, 7) is 2.19. The molecule has 0 aliphatic heterocycles. The van der Waals surface area contributed by atoms with E-state index in [2.05, 4.69) is 38.8 Å². The van der Waals surface area contributed by atoms with Crippen molar-refractivity contribution >= 4 is 37.8 Å². The number of carbonyl (C=O) groups is 1. The fourth-order valence-electron chi connectivity index (χ4n) is 1.25. The predicted molar refractivity (Wildman–Crippen MR) is 70.5 cm³/mol. The van der Waals surface area contributed by atoms with Gasteiger partial charge in [-0.3, -0.25) is 4.79 Å². The molecule has 0 saturated carbocycles. The molecule has 0 fully saturated rings. The maximum atomic E-state index is 10.4. The van der Waals surface area contributed by atoms with Crippen LogP contribution in [0.15, 0.2) is 8.96 Å². The highest BCUT2D eigenvalue weighted by molar-refractivity contribution is 9.14. The summed E-state index contributed by atoms with van der Waals surface area (Å²) in [6.07, 6.45) is 7.14. The van der Waals surface area contributed by atoms with Crippen LogP contribution in [-0.4, -0.2) is 11.1 Å². The standard InChI is InChI=1S/C11H18Br2O2/c1-2-3-4-5-6-7-9(12)10(13)8-11(14)15/h2-8H2,1H3,(H,14,15). The van der Waals surface area contributed by atoms with Gasteiger partial charge in [-0.1, -0.05) is 64.5 Å². The third kappa shape index (κ3) is 9.12. The number of unbranched alkanes of at least 4 members (excludes halogenated alkanes) is 4. The molecule has 0 bridgehead atoms. The van der Waals surface area contributed by atoms with Gasteiger partial charge in [-0.15, -0.1) is 0 Å². The van der Waals surface area contributed by atoms with Gasteiger partial charge in [-0.25, -0.2) is 0 Å². The number of rotatable bonds is 8. The topological polar surface area (TPSA) is 37.3 Å². The number of hydrogen-bond acceptors (Lipinski definition) is 1. The molecule has 0 radical (unpaired) electrons. The van der Waals surface area contributed by atoms with Gasteiger partial charge in [-0.05, 0) is 12.8 Å². The minimum Gasteiger partial charge on any atom is -0.481 e. The van der Waals surface area contributed by atoms with Gasteiger partial charge in [0.2, 0.25) is 0 Å². The van der Waals surface area contributed by atoms with E-state index in [0.29, 0.717) is 0 Å². The summed E-state index contributed by atoms with van der Waals surface area (Å²) >= 11 is 6.69. The van der Waals surface area contributed by atoms with Gasteiger partial charge in [0.1, 0.15) is 0 Å². The first-order chi connectivity index (χ1) is 7.07. The minimum atomic E-state index is -0.801. The monoisotopic (exact) mass is 340 g/mol. The zero-order chi connectivity index (χ0) is 11.7. The Hall–Kier alpha value is 0.170. The average molecular weight is 342 g/mol. The molecule has 0 rings (SSSR count). The van der Waals surface area contributed by atoms with E-state index in [4.69, 9.17) is 5.11 Å². The number of halogens is 2. The van der Waals surface area contributed by atoms with Crippen LogP contribution >= 0.6 is 31.9 Å². The second-order valence-corrected chi connectivity index (χ2v) is 5.46. The van der Waals surface area contributed by atoms with Crippen molar-refractivity contribution in [3.05, 3.63) is 8.96 Å². The van der Waals surface area contributed by atoms with E-state index in [1.54, 1.807) is 0 Å². The van der Waals surface area contributed by atoms with Crippen molar-refractivity contribution in [1.82, 2.24) is 0 Å². The van der Waals surface area contributed by atoms with Crippen LogP contribution in [0, 0.1) is 0 Å². The summed E-state index contributed by atoms with van der Waals surface area (Å²) in [5.74, 6) is -0.801. The van der Waals surface area contributed by atoms with E-state index in [1.807, 2.05) is 0 Å². The van der Waals surface area contributed by atoms with E-state index in [9.17, 15) is 4.79 Å². The Morgan fingerprint density at radius 1 is 1.07 bits per heavy atom. The van der Waals surface area contributed by atoms with Crippen molar-refractivity contribution in [2.24, 2.45) is 0 Å². The lowest BCUT2D eigenvalue weighted by Crippen LogP contribution is -1.94. The van der Waals surface area contributed by atoms with E-state index in [1.165, 1.54) is 25.7 Å². The van der Waals surface area contributed by atoms with E-state index >= 15 is 0 Å². The zero-order valence-electron chi connectivity index (χ0n) is 9.06. The summed E-state index contributed by atoms with van der Waals surface area (Å²) in [4.78, 5) is 10.4. The minimum absolute atomic E-state index is 0.0650. The molecule has 0 spiro atoms. The van der Waals surface area contributed by atoms with Crippen LogP contribution in [0.1, 0.15) is 51.9 Å². The Morgan fingerprint density at radius 3 is 2.20 bits per heavy atom. The van der Waals surface area contributed by atoms with Crippen molar-refractivity contribution in [3.8, 4) is 0 Å². The van der Waals surface area contributed by atoms with Crippen LogP contribution in [0.5, 0.6) is 0 Å². The van der Waals surface area contributed by atoms with E-state index in [0.717, 1.165) is 21.8 Å². The summed E-state index contributed by atoms with van der Waals surface area (Å²) in [6, 6.07) is 0. The fraction of sp³-hybridized carbons (Fsp3) is 0.727. The maximum Gasteiger partial charge on any atom is 0.308 e. The predicted octanol–water partition coefficient (Wildman–Crippen LogP) is 4.82. The number of hydrogen-bond donors (Lipinski definition) is 1. The molecule has 0 aromatic heterocycles. The second-order valence-electron chi connectivity index (χ2n) is 3.54. The molecule has 88 valence electrons. The average Bonchev–Trinajstić information content (AvgIpc) is 2.16. The SMILES string of the molecule is CCCCCCCC(Br)=C(Br)CC(=O)O. The first kappa shape index (κ1) is 15.2. The van der Waals surface area contributed by atoms with E-state index < -0.39 is 5.97 Å². The molecule has 15 heavy (non-hydrogen) atoms. The van der Waals surface area contributed by atoms with Gasteiger partial charge in [0, 0.05) is 8.96 Å². The Morgan fingerprint density at radius 2 is 1.67 bits per heavy atom. The Bertz CT molecular complexity index is 225. The highest BCUT2D eigenvalue weighted by atomic mass is 79.9. The highest BCUT2D eigenvalue weighted by Crippen LogP contribution is 2.26. The summed E-state index contributed by atoms with van der Waals surface area (Å²) in [5.41, 5.74) is 0.